The zero-order valence-corrected chi connectivity index (χ0v) is 16.7. The van der Waals surface area contributed by atoms with Crippen molar-refractivity contribution in [1.82, 2.24) is 4.98 Å². The minimum Gasteiger partial charge on any atom is -0.452 e. The highest BCUT2D eigenvalue weighted by Gasteiger charge is 2.18. The minimum atomic E-state index is -0.696. The normalized spacial score (nSPS) is 10.5. The maximum absolute atomic E-state index is 12.8. The SMILES string of the molecule is O=C(COC(=O)c1cc(-c2ccccc2)nc2ccccc12)Nc1ccccc1[N+](=O)[O-]. The number of ether oxygens (including phenoxy) is 1. The van der Waals surface area contributed by atoms with E-state index in [2.05, 4.69) is 10.3 Å². The van der Waals surface area contributed by atoms with Gasteiger partial charge in [0.25, 0.3) is 11.6 Å². The number of aromatic nitrogens is 1. The zero-order valence-electron chi connectivity index (χ0n) is 16.7. The van der Waals surface area contributed by atoms with Crippen LogP contribution in [0.15, 0.2) is 84.9 Å². The van der Waals surface area contributed by atoms with Crippen LogP contribution in [0.4, 0.5) is 11.4 Å². The molecule has 1 amide bonds. The Balaban J connectivity index is 1.55. The molecule has 4 aromatic rings. The largest absolute Gasteiger partial charge is 0.452 e. The number of nitrogens with one attached hydrogen (secondary N) is 1. The zero-order chi connectivity index (χ0) is 22.5. The fourth-order valence-electron chi connectivity index (χ4n) is 3.23. The number of amides is 1. The highest BCUT2D eigenvalue weighted by Crippen LogP contribution is 2.26. The molecule has 8 heteroatoms. The number of fused-ring (bicyclic) bond motifs is 1. The van der Waals surface area contributed by atoms with Crippen molar-refractivity contribution in [3.63, 3.8) is 0 Å². The van der Waals surface area contributed by atoms with E-state index < -0.39 is 23.4 Å². The molecule has 0 aliphatic carbocycles. The molecule has 32 heavy (non-hydrogen) atoms. The number of pyridine rings is 1. The molecule has 8 nitrogen and oxygen atoms in total. The predicted molar refractivity (Wildman–Crippen MR) is 119 cm³/mol. The Hall–Kier alpha value is -4.59. The van der Waals surface area contributed by atoms with Crippen molar-refractivity contribution in [2.75, 3.05) is 11.9 Å². The van der Waals surface area contributed by atoms with Crippen LogP contribution in [0, 0.1) is 10.1 Å². The van der Waals surface area contributed by atoms with Gasteiger partial charge in [-0.25, -0.2) is 9.78 Å². The van der Waals surface area contributed by atoms with Gasteiger partial charge in [0.1, 0.15) is 5.69 Å². The monoisotopic (exact) mass is 427 g/mol. The first-order valence-corrected chi connectivity index (χ1v) is 9.68. The van der Waals surface area contributed by atoms with Crippen LogP contribution < -0.4 is 5.32 Å². The first-order valence-electron chi connectivity index (χ1n) is 9.68. The Bertz CT molecular complexity index is 1320. The molecule has 0 aliphatic heterocycles. The van der Waals surface area contributed by atoms with Crippen LogP contribution in [0.25, 0.3) is 22.2 Å². The first kappa shape index (κ1) is 20.7. The van der Waals surface area contributed by atoms with Crippen molar-refractivity contribution in [3.8, 4) is 11.3 Å². The van der Waals surface area contributed by atoms with Gasteiger partial charge in [0.05, 0.1) is 21.7 Å². The Labute approximate surface area is 182 Å². The van der Waals surface area contributed by atoms with Crippen molar-refractivity contribution in [2.45, 2.75) is 0 Å². The van der Waals surface area contributed by atoms with Crippen molar-refractivity contribution in [1.29, 1.82) is 0 Å². The number of nitrogens with zero attached hydrogens (tertiary/aromatic N) is 2. The average Bonchev–Trinajstić information content (AvgIpc) is 2.82. The number of para-hydroxylation sites is 3. The predicted octanol–water partition coefficient (Wildman–Crippen LogP) is 4.61. The number of carbonyl (C=O) groups is 2. The number of nitro groups is 1. The second kappa shape index (κ2) is 9.05. The van der Waals surface area contributed by atoms with E-state index in [-0.39, 0.29) is 16.9 Å². The molecule has 1 heterocycles. The van der Waals surface area contributed by atoms with Gasteiger partial charge in [0.15, 0.2) is 6.61 Å². The third kappa shape index (κ3) is 4.44. The molecule has 158 valence electrons. The maximum Gasteiger partial charge on any atom is 0.339 e. The van der Waals surface area contributed by atoms with Gasteiger partial charge in [-0.05, 0) is 18.2 Å². The summed E-state index contributed by atoms with van der Waals surface area (Å²) in [5.41, 5.74) is 2.10. The number of hydrogen-bond donors (Lipinski definition) is 1. The van der Waals surface area contributed by atoms with E-state index in [1.807, 2.05) is 36.4 Å². The third-order valence-corrected chi connectivity index (χ3v) is 4.71. The summed E-state index contributed by atoms with van der Waals surface area (Å²) in [6, 6.07) is 23.9. The van der Waals surface area contributed by atoms with Gasteiger partial charge in [0.2, 0.25) is 0 Å². The summed E-state index contributed by atoms with van der Waals surface area (Å²) < 4.78 is 5.21. The van der Waals surface area contributed by atoms with Crippen LogP contribution in [0.5, 0.6) is 0 Å². The lowest BCUT2D eigenvalue weighted by Crippen LogP contribution is -2.21. The fourth-order valence-corrected chi connectivity index (χ4v) is 3.23. The highest BCUT2D eigenvalue weighted by molar-refractivity contribution is 6.05. The molecule has 0 bridgehead atoms. The van der Waals surface area contributed by atoms with Gasteiger partial charge >= 0.3 is 5.97 Å². The molecule has 4 rings (SSSR count). The number of esters is 1. The quantitative estimate of drug-likeness (QED) is 0.273. The molecule has 0 radical (unpaired) electrons. The van der Waals surface area contributed by atoms with Crippen LogP contribution in [0.2, 0.25) is 0 Å². The van der Waals surface area contributed by atoms with Crippen LogP contribution in [0.1, 0.15) is 10.4 Å². The lowest BCUT2D eigenvalue weighted by atomic mass is 10.0. The summed E-state index contributed by atoms with van der Waals surface area (Å²) >= 11 is 0. The smallest absolute Gasteiger partial charge is 0.339 e. The topological polar surface area (TPSA) is 111 Å². The van der Waals surface area contributed by atoms with Crippen LogP contribution >= 0.6 is 0 Å². The molecule has 0 unspecified atom stereocenters. The molecule has 1 N–H and O–H groups in total. The molecule has 1 aromatic heterocycles. The lowest BCUT2D eigenvalue weighted by Gasteiger charge is -2.10. The van der Waals surface area contributed by atoms with Crippen molar-refractivity contribution >= 4 is 34.2 Å². The Morgan fingerprint density at radius 1 is 0.938 bits per heavy atom. The van der Waals surface area contributed by atoms with Crippen molar-refractivity contribution in [2.24, 2.45) is 0 Å². The van der Waals surface area contributed by atoms with Crippen molar-refractivity contribution in [3.05, 3.63) is 101 Å². The summed E-state index contributed by atoms with van der Waals surface area (Å²) in [5, 5.41) is 14.1. The Morgan fingerprint density at radius 2 is 1.62 bits per heavy atom. The van der Waals surface area contributed by atoms with Crippen LogP contribution in [-0.2, 0) is 9.53 Å². The highest BCUT2D eigenvalue weighted by atomic mass is 16.6. The van der Waals surface area contributed by atoms with Gasteiger partial charge in [0, 0.05) is 17.0 Å². The van der Waals surface area contributed by atoms with Gasteiger partial charge in [-0.2, -0.15) is 0 Å². The number of benzene rings is 3. The second-order valence-corrected chi connectivity index (χ2v) is 6.84. The number of carbonyl (C=O) groups excluding carboxylic acids is 2. The van der Waals surface area contributed by atoms with E-state index >= 15 is 0 Å². The van der Waals surface area contributed by atoms with Gasteiger partial charge in [-0.15, -0.1) is 0 Å². The molecule has 0 spiro atoms. The first-order chi connectivity index (χ1) is 15.5. The Kier molecular flexibility index (Phi) is 5.85. The fraction of sp³-hybridized carbons (Fsp3) is 0.0417. The van der Waals surface area contributed by atoms with Crippen LogP contribution in [0.3, 0.4) is 0 Å². The second-order valence-electron chi connectivity index (χ2n) is 6.84. The van der Waals surface area contributed by atoms with Crippen molar-refractivity contribution < 1.29 is 19.2 Å². The minimum absolute atomic E-state index is 0.0271. The van der Waals surface area contributed by atoms with E-state index in [4.69, 9.17) is 4.74 Å². The van der Waals surface area contributed by atoms with E-state index in [1.54, 1.807) is 30.3 Å². The molecule has 0 atom stereocenters. The molecule has 3 aromatic carbocycles. The Morgan fingerprint density at radius 3 is 2.41 bits per heavy atom. The average molecular weight is 427 g/mol. The summed E-state index contributed by atoms with van der Waals surface area (Å²) in [6.07, 6.45) is 0. The summed E-state index contributed by atoms with van der Waals surface area (Å²) in [7, 11) is 0. The molecular weight excluding hydrogens is 410 g/mol. The number of rotatable bonds is 6. The number of nitro benzene ring substituents is 1. The molecular formula is C24H17N3O5. The molecule has 0 fully saturated rings. The molecule has 0 saturated heterocycles. The third-order valence-electron chi connectivity index (χ3n) is 4.71. The lowest BCUT2D eigenvalue weighted by molar-refractivity contribution is -0.383. The van der Waals surface area contributed by atoms with E-state index in [9.17, 15) is 19.7 Å². The summed E-state index contributed by atoms with van der Waals surface area (Å²) in [5.74, 6) is -1.38. The molecule has 0 aliphatic rings. The standard InChI is InChI=1S/C24H17N3O5/c28-23(26-20-12-6-7-13-22(20)27(30)31)15-32-24(29)18-14-21(16-8-2-1-3-9-16)25-19-11-5-4-10-17(18)19/h1-14H,15H2,(H,26,28). The van der Waals surface area contributed by atoms with Gasteiger partial charge in [-0.3, -0.25) is 14.9 Å². The summed E-state index contributed by atoms with van der Waals surface area (Å²) in [4.78, 5) is 40.2. The van der Waals surface area contributed by atoms with Crippen LogP contribution in [-0.4, -0.2) is 28.4 Å². The van der Waals surface area contributed by atoms with E-state index in [0.29, 0.717) is 16.6 Å². The number of anilines is 1. The maximum atomic E-state index is 12.8. The number of hydrogen-bond acceptors (Lipinski definition) is 6. The molecule has 0 saturated carbocycles. The summed E-state index contributed by atoms with van der Waals surface area (Å²) in [6.45, 7) is -0.595. The van der Waals surface area contributed by atoms with Gasteiger partial charge in [-0.1, -0.05) is 60.7 Å². The van der Waals surface area contributed by atoms with E-state index in [1.165, 1.54) is 18.2 Å². The van der Waals surface area contributed by atoms with Gasteiger partial charge < -0.3 is 10.1 Å². The van der Waals surface area contributed by atoms with E-state index in [0.717, 1.165) is 5.56 Å².